The van der Waals surface area contributed by atoms with E-state index in [1.54, 1.807) is 6.07 Å². The van der Waals surface area contributed by atoms with Crippen molar-refractivity contribution in [3.05, 3.63) is 28.2 Å². The third kappa shape index (κ3) is 3.49. The lowest BCUT2D eigenvalue weighted by Gasteiger charge is -2.05. The fourth-order valence-electron chi connectivity index (χ4n) is 0.959. The van der Waals surface area contributed by atoms with E-state index in [0.29, 0.717) is 4.47 Å². The summed E-state index contributed by atoms with van der Waals surface area (Å²) >= 11 is 7.79. The first-order valence-corrected chi connectivity index (χ1v) is 5.26. The van der Waals surface area contributed by atoms with E-state index in [2.05, 4.69) is 33.5 Å². The van der Waals surface area contributed by atoms with Crippen LogP contribution < -0.4 is 11.1 Å². The molecule has 0 saturated heterocycles. The maximum absolute atomic E-state index is 11.5. The number of nitrogens with two attached hydrogens (primary N) is 1. The molecule has 0 fully saturated rings. The van der Waals surface area contributed by atoms with Gasteiger partial charge in [-0.25, -0.2) is 0 Å². The molecule has 6 heteroatoms. The van der Waals surface area contributed by atoms with Gasteiger partial charge in [0.1, 0.15) is 5.75 Å². The molecule has 4 N–H and O–H groups in total. The van der Waals surface area contributed by atoms with Gasteiger partial charge in [0.15, 0.2) is 0 Å². The minimum absolute atomic E-state index is 0.0928. The highest BCUT2D eigenvalue weighted by atomic mass is 79.9. The Morgan fingerprint density at radius 3 is 2.80 bits per heavy atom. The Bertz CT molecular complexity index is 409. The van der Waals surface area contributed by atoms with Crippen LogP contribution in [0.4, 0.5) is 0 Å². The molecule has 0 spiro atoms. The lowest BCUT2D eigenvalue weighted by Crippen LogP contribution is -2.32. The van der Waals surface area contributed by atoms with E-state index < -0.39 is 5.91 Å². The number of phenols is 1. The summed E-state index contributed by atoms with van der Waals surface area (Å²) in [5.74, 6) is -0.502. The summed E-state index contributed by atoms with van der Waals surface area (Å²) in [6.07, 6.45) is 0. The van der Waals surface area contributed by atoms with Crippen LogP contribution in [0.3, 0.4) is 0 Å². The summed E-state index contributed by atoms with van der Waals surface area (Å²) in [4.78, 5) is 11.7. The molecule has 0 atom stereocenters. The molecular weight excluding hydrogens is 280 g/mol. The molecule has 0 aromatic heterocycles. The second-order valence-corrected chi connectivity index (χ2v) is 4.25. The quantitative estimate of drug-likeness (QED) is 0.730. The average Bonchev–Trinajstić information content (AvgIpc) is 2.14. The van der Waals surface area contributed by atoms with Crippen LogP contribution in [0.15, 0.2) is 22.7 Å². The standard InChI is InChI=1S/C9H9BrN2O2S/c10-5-1-2-6(7(13)3-5)9(14)12-4-8(11)15/h1-3,13H,4H2,(H2,11,15)(H,12,14). The van der Waals surface area contributed by atoms with Crippen molar-refractivity contribution in [3.63, 3.8) is 0 Å². The van der Waals surface area contributed by atoms with Gasteiger partial charge in [-0.15, -0.1) is 0 Å². The molecule has 0 unspecified atom stereocenters. The summed E-state index contributed by atoms with van der Waals surface area (Å²) < 4.78 is 0.700. The normalized spacial score (nSPS) is 9.67. The van der Waals surface area contributed by atoms with Crippen molar-refractivity contribution in [1.82, 2.24) is 5.32 Å². The van der Waals surface area contributed by atoms with E-state index >= 15 is 0 Å². The van der Waals surface area contributed by atoms with Gasteiger partial charge in [-0.05, 0) is 18.2 Å². The molecule has 0 aliphatic rings. The topological polar surface area (TPSA) is 75.3 Å². The number of carbonyl (C=O) groups is 1. The van der Waals surface area contributed by atoms with Gasteiger partial charge in [-0.1, -0.05) is 28.1 Å². The zero-order valence-electron chi connectivity index (χ0n) is 7.66. The highest BCUT2D eigenvalue weighted by molar-refractivity contribution is 9.10. The van der Waals surface area contributed by atoms with Crippen molar-refractivity contribution in [2.75, 3.05) is 6.54 Å². The average molecular weight is 289 g/mol. The van der Waals surface area contributed by atoms with Gasteiger partial charge in [0.25, 0.3) is 5.91 Å². The number of nitrogens with one attached hydrogen (secondary N) is 1. The molecule has 0 saturated carbocycles. The maximum atomic E-state index is 11.5. The number of benzene rings is 1. The monoisotopic (exact) mass is 288 g/mol. The number of hydrogen-bond donors (Lipinski definition) is 3. The van der Waals surface area contributed by atoms with Gasteiger partial charge < -0.3 is 16.2 Å². The number of phenolic OH excluding ortho intramolecular Hbond substituents is 1. The summed E-state index contributed by atoms with van der Waals surface area (Å²) in [7, 11) is 0. The second-order valence-electron chi connectivity index (χ2n) is 2.81. The van der Waals surface area contributed by atoms with Gasteiger partial charge in [-0.2, -0.15) is 0 Å². The van der Waals surface area contributed by atoms with Crippen LogP contribution in [0.5, 0.6) is 5.75 Å². The Morgan fingerprint density at radius 2 is 2.27 bits per heavy atom. The minimum atomic E-state index is -0.409. The number of rotatable bonds is 3. The van der Waals surface area contributed by atoms with Crippen LogP contribution in [0.2, 0.25) is 0 Å². The predicted molar refractivity (Wildman–Crippen MR) is 64.9 cm³/mol. The van der Waals surface area contributed by atoms with Crippen molar-refractivity contribution in [3.8, 4) is 5.75 Å². The van der Waals surface area contributed by atoms with Gasteiger partial charge >= 0.3 is 0 Å². The molecule has 0 bridgehead atoms. The molecule has 80 valence electrons. The summed E-state index contributed by atoms with van der Waals surface area (Å²) in [5.41, 5.74) is 5.42. The smallest absolute Gasteiger partial charge is 0.255 e. The predicted octanol–water partition coefficient (Wildman–Crippen LogP) is 1.17. The van der Waals surface area contributed by atoms with E-state index in [0.717, 1.165) is 0 Å². The van der Waals surface area contributed by atoms with E-state index in [4.69, 9.17) is 5.73 Å². The van der Waals surface area contributed by atoms with Crippen LogP contribution in [-0.2, 0) is 0 Å². The van der Waals surface area contributed by atoms with E-state index in [-0.39, 0.29) is 22.8 Å². The minimum Gasteiger partial charge on any atom is -0.507 e. The molecule has 1 aromatic carbocycles. The SMILES string of the molecule is NC(=S)CNC(=O)c1ccc(Br)cc1O. The van der Waals surface area contributed by atoms with Crippen molar-refractivity contribution in [2.45, 2.75) is 0 Å². The van der Waals surface area contributed by atoms with Gasteiger partial charge in [-0.3, -0.25) is 4.79 Å². The molecule has 15 heavy (non-hydrogen) atoms. The number of carbonyl (C=O) groups excluding carboxylic acids is 1. The Kier molecular flexibility index (Phi) is 4.05. The fraction of sp³-hybridized carbons (Fsp3) is 0.111. The largest absolute Gasteiger partial charge is 0.507 e. The number of amides is 1. The first-order chi connectivity index (χ1) is 7.00. The van der Waals surface area contributed by atoms with Crippen LogP contribution in [0.25, 0.3) is 0 Å². The zero-order chi connectivity index (χ0) is 11.4. The lowest BCUT2D eigenvalue weighted by atomic mass is 10.2. The zero-order valence-corrected chi connectivity index (χ0v) is 10.1. The summed E-state index contributed by atoms with van der Waals surface area (Å²) in [6, 6.07) is 4.61. The van der Waals surface area contributed by atoms with Crippen molar-refractivity contribution in [2.24, 2.45) is 5.73 Å². The molecule has 1 amide bonds. The number of halogens is 1. The third-order valence-electron chi connectivity index (χ3n) is 1.63. The fourth-order valence-corrected chi connectivity index (χ4v) is 1.38. The van der Waals surface area contributed by atoms with Gasteiger partial charge in [0.05, 0.1) is 17.1 Å². The molecule has 4 nitrogen and oxygen atoms in total. The number of aromatic hydroxyl groups is 1. The molecule has 0 heterocycles. The van der Waals surface area contributed by atoms with Gasteiger partial charge in [0, 0.05) is 4.47 Å². The molecule has 0 aliphatic carbocycles. The first-order valence-electron chi connectivity index (χ1n) is 4.05. The van der Waals surface area contributed by atoms with E-state index in [1.807, 2.05) is 0 Å². The van der Waals surface area contributed by atoms with Crippen LogP contribution in [-0.4, -0.2) is 22.5 Å². The summed E-state index contributed by atoms with van der Waals surface area (Å²) in [5, 5.41) is 12.0. The third-order valence-corrected chi connectivity index (χ3v) is 2.27. The molecule has 1 aromatic rings. The Morgan fingerprint density at radius 1 is 1.60 bits per heavy atom. The van der Waals surface area contributed by atoms with Gasteiger partial charge in [0.2, 0.25) is 0 Å². The van der Waals surface area contributed by atoms with E-state index in [9.17, 15) is 9.90 Å². The molecule has 0 radical (unpaired) electrons. The summed E-state index contributed by atoms with van der Waals surface area (Å²) in [6.45, 7) is 0.115. The number of thiocarbonyl (C=S) groups is 1. The highest BCUT2D eigenvalue weighted by Gasteiger charge is 2.10. The van der Waals surface area contributed by atoms with Crippen LogP contribution >= 0.6 is 28.1 Å². The van der Waals surface area contributed by atoms with Crippen molar-refractivity contribution >= 4 is 39.0 Å². The first kappa shape index (κ1) is 11.9. The van der Waals surface area contributed by atoms with Crippen LogP contribution in [0, 0.1) is 0 Å². The molecule has 1 rings (SSSR count). The highest BCUT2D eigenvalue weighted by Crippen LogP contribution is 2.21. The maximum Gasteiger partial charge on any atom is 0.255 e. The van der Waals surface area contributed by atoms with E-state index in [1.165, 1.54) is 12.1 Å². The molecular formula is C9H9BrN2O2S. The second kappa shape index (κ2) is 5.09. The Hall–Kier alpha value is -1.14. The lowest BCUT2D eigenvalue weighted by molar-refractivity contribution is 0.0957. The van der Waals surface area contributed by atoms with Crippen molar-refractivity contribution in [1.29, 1.82) is 0 Å². The molecule has 0 aliphatic heterocycles. The Balaban J connectivity index is 2.78. The van der Waals surface area contributed by atoms with Crippen LogP contribution in [0.1, 0.15) is 10.4 Å². The van der Waals surface area contributed by atoms with Crippen molar-refractivity contribution < 1.29 is 9.90 Å². The number of hydrogen-bond acceptors (Lipinski definition) is 3. The Labute approximate surface area is 101 Å².